The summed E-state index contributed by atoms with van der Waals surface area (Å²) in [7, 11) is 5.51. The molecule has 0 spiro atoms. The average molecular weight is 721 g/mol. The second-order valence-electron chi connectivity index (χ2n) is 14.9. The predicted molar refractivity (Wildman–Crippen MR) is 211 cm³/mol. The first-order valence-corrected chi connectivity index (χ1v) is 20.5. The normalized spacial score (nSPS) is 13.4. The highest BCUT2D eigenvalue weighted by Gasteiger charge is 2.31. The molecule has 0 fully saturated rings. The molecule has 51 heavy (non-hydrogen) atoms. The Balaban J connectivity index is 4.38. The number of nitrogens with zero attached hydrogens (tertiary/aromatic N) is 1. The minimum Gasteiger partial charge on any atom is -0.477 e. The van der Waals surface area contributed by atoms with Gasteiger partial charge < -0.3 is 23.8 Å². The van der Waals surface area contributed by atoms with Crippen LogP contribution in [0.3, 0.4) is 0 Å². The molecule has 0 radical (unpaired) electrons. The average Bonchev–Trinajstić information content (AvgIpc) is 3.08. The number of quaternary nitrogens is 1. The fourth-order valence-corrected chi connectivity index (χ4v) is 5.75. The molecule has 0 bridgehead atoms. The van der Waals surface area contributed by atoms with Crippen LogP contribution in [0.1, 0.15) is 168 Å². The molecule has 0 aliphatic carbocycles. The summed E-state index contributed by atoms with van der Waals surface area (Å²) in [6, 6.07) is -0.616. The van der Waals surface area contributed by atoms with Crippen molar-refractivity contribution in [3.63, 3.8) is 0 Å². The van der Waals surface area contributed by atoms with Gasteiger partial charge in [0.25, 0.3) is 0 Å². The Bertz CT molecular complexity index is 937. The van der Waals surface area contributed by atoms with E-state index in [1.54, 1.807) is 0 Å². The number of hydrogen-bond donors (Lipinski definition) is 1. The molecule has 2 unspecified atom stereocenters. The van der Waals surface area contributed by atoms with Gasteiger partial charge in [-0.25, -0.2) is 4.79 Å². The molecule has 8 nitrogen and oxygen atoms in total. The lowest BCUT2D eigenvalue weighted by Gasteiger charge is -2.31. The van der Waals surface area contributed by atoms with Gasteiger partial charge in [0.2, 0.25) is 0 Å². The highest BCUT2D eigenvalue weighted by molar-refractivity contribution is 5.72. The number of aliphatic carboxylic acids is 1. The number of likely N-dealkylation sites (N-methyl/N-ethyl adjacent to an activating group) is 1. The molecule has 0 aliphatic heterocycles. The number of esters is 2. The molecular weight excluding hydrogens is 642 g/mol. The lowest BCUT2D eigenvalue weighted by atomic mass is 10.1. The van der Waals surface area contributed by atoms with E-state index in [0.29, 0.717) is 19.3 Å². The summed E-state index contributed by atoms with van der Waals surface area (Å²) in [5.74, 6) is -1.50. The van der Waals surface area contributed by atoms with E-state index < -0.39 is 18.1 Å². The van der Waals surface area contributed by atoms with Crippen LogP contribution in [0.15, 0.2) is 36.5 Å². The van der Waals surface area contributed by atoms with Gasteiger partial charge in [-0.05, 0) is 64.2 Å². The van der Waals surface area contributed by atoms with Gasteiger partial charge in [-0.15, -0.1) is 0 Å². The topological polar surface area (TPSA) is 99.1 Å². The van der Waals surface area contributed by atoms with Crippen molar-refractivity contribution in [1.29, 1.82) is 0 Å². The van der Waals surface area contributed by atoms with Gasteiger partial charge in [0.1, 0.15) is 6.61 Å². The van der Waals surface area contributed by atoms with Crippen LogP contribution in [-0.4, -0.2) is 80.6 Å². The molecule has 0 aromatic rings. The summed E-state index contributed by atoms with van der Waals surface area (Å²) < 4.78 is 17.2. The Labute approximate surface area is 313 Å². The predicted octanol–water partition coefficient (Wildman–Crippen LogP) is 10.7. The maximum Gasteiger partial charge on any atom is 0.362 e. The number of rotatable bonds is 36. The monoisotopic (exact) mass is 721 g/mol. The first-order chi connectivity index (χ1) is 24.6. The van der Waals surface area contributed by atoms with Crippen LogP contribution in [0.4, 0.5) is 0 Å². The lowest BCUT2D eigenvalue weighted by Crippen LogP contribution is -2.50. The highest BCUT2D eigenvalue weighted by Crippen LogP contribution is 2.13. The van der Waals surface area contributed by atoms with E-state index in [1.165, 1.54) is 64.2 Å². The summed E-state index contributed by atoms with van der Waals surface area (Å²) in [5, 5.41) is 9.59. The number of carboxylic acids is 1. The number of hydrogen-bond acceptors (Lipinski definition) is 6. The molecular formula is C43H78NO7+. The summed E-state index contributed by atoms with van der Waals surface area (Å²) in [6.07, 6.45) is 37.5. The van der Waals surface area contributed by atoms with Crippen LogP contribution < -0.4 is 0 Å². The minimum atomic E-state index is -0.879. The van der Waals surface area contributed by atoms with Gasteiger partial charge in [-0.3, -0.25) is 9.59 Å². The smallest absolute Gasteiger partial charge is 0.362 e. The molecule has 0 aromatic carbocycles. The van der Waals surface area contributed by atoms with Crippen molar-refractivity contribution in [1.82, 2.24) is 0 Å². The van der Waals surface area contributed by atoms with Crippen molar-refractivity contribution in [2.45, 2.75) is 180 Å². The van der Waals surface area contributed by atoms with Crippen LogP contribution >= 0.6 is 0 Å². The molecule has 0 amide bonds. The Hall–Kier alpha value is -2.45. The molecule has 0 rings (SSSR count). The van der Waals surface area contributed by atoms with Crippen LogP contribution in [0.5, 0.6) is 0 Å². The summed E-state index contributed by atoms with van der Waals surface area (Å²) in [5.41, 5.74) is 0. The van der Waals surface area contributed by atoms with Gasteiger partial charge in [-0.1, -0.05) is 121 Å². The van der Waals surface area contributed by atoms with Gasteiger partial charge in [0.05, 0.1) is 34.4 Å². The van der Waals surface area contributed by atoms with E-state index in [4.69, 9.17) is 14.2 Å². The quantitative estimate of drug-likeness (QED) is 0.0298. The van der Waals surface area contributed by atoms with Crippen molar-refractivity contribution in [3.05, 3.63) is 36.5 Å². The standard InChI is InChI=1S/C43H77NO7/c1-6-8-10-12-14-16-18-19-20-21-22-23-24-26-28-30-32-34-42(46)51-39(37-49-36-35-40(43(47)48)44(3,4)5)38-50-41(45)33-31-29-27-25-17-15-13-11-9-7-2/h13-16,19-20,39-40H,6-12,17-18,21-38H2,1-5H3/p+1/b15-13+,16-14+,20-19+. The molecule has 296 valence electrons. The number of ether oxygens (including phenoxy) is 3. The Kier molecular flexibility index (Phi) is 33.0. The van der Waals surface area contributed by atoms with Crippen LogP contribution in [-0.2, 0) is 28.6 Å². The molecule has 0 saturated heterocycles. The van der Waals surface area contributed by atoms with Gasteiger partial charge in [-0.2, -0.15) is 0 Å². The minimum absolute atomic E-state index is 0.0548. The fraction of sp³-hybridized carbons (Fsp3) is 0.791. The maximum atomic E-state index is 12.7. The van der Waals surface area contributed by atoms with Crippen molar-refractivity contribution in [2.24, 2.45) is 0 Å². The van der Waals surface area contributed by atoms with E-state index in [0.717, 1.165) is 70.6 Å². The molecule has 0 aromatic heterocycles. The molecule has 8 heteroatoms. The number of carbonyl (C=O) groups excluding carboxylic acids is 2. The molecule has 2 atom stereocenters. The van der Waals surface area contributed by atoms with E-state index in [2.05, 4.69) is 50.3 Å². The largest absolute Gasteiger partial charge is 0.477 e. The molecule has 0 heterocycles. The second kappa shape index (κ2) is 34.6. The van der Waals surface area contributed by atoms with Crippen molar-refractivity contribution >= 4 is 17.9 Å². The molecule has 0 aliphatic rings. The number of unbranched alkanes of at least 4 members (excludes halogenated alkanes) is 16. The number of carbonyl (C=O) groups is 3. The zero-order valence-corrected chi connectivity index (χ0v) is 33.6. The van der Waals surface area contributed by atoms with Gasteiger partial charge in [0.15, 0.2) is 12.1 Å². The van der Waals surface area contributed by atoms with E-state index in [9.17, 15) is 19.5 Å². The zero-order chi connectivity index (χ0) is 37.8. The van der Waals surface area contributed by atoms with Crippen molar-refractivity contribution in [3.8, 4) is 0 Å². The Morgan fingerprint density at radius 1 is 0.588 bits per heavy atom. The highest BCUT2D eigenvalue weighted by atomic mass is 16.6. The third-order valence-electron chi connectivity index (χ3n) is 9.01. The molecule has 1 N–H and O–H groups in total. The molecule has 0 saturated carbocycles. The Morgan fingerprint density at radius 2 is 1.06 bits per heavy atom. The third-order valence-corrected chi connectivity index (χ3v) is 9.01. The SMILES string of the molecule is CCCC/C=C/CCCCCCC(=O)OCC(COCCC(C(=O)O)[N+](C)(C)C)OC(=O)CCCCCCCCC/C=C/C/C=C/CCCCC. The van der Waals surface area contributed by atoms with E-state index >= 15 is 0 Å². The maximum absolute atomic E-state index is 12.7. The second-order valence-corrected chi connectivity index (χ2v) is 14.9. The zero-order valence-electron chi connectivity index (χ0n) is 33.6. The van der Waals surface area contributed by atoms with Crippen molar-refractivity contribution < 1.29 is 38.2 Å². The first-order valence-electron chi connectivity index (χ1n) is 20.5. The van der Waals surface area contributed by atoms with Gasteiger partial charge in [0, 0.05) is 19.3 Å². The van der Waals surface area contributed by atoms with Crippen molar-refractivity contribution in [2.75, 3.05) is 41.0 Å². The summed E-state index contributed by atoms with van der Waals surface area (Å²) >= 11 is 0. The number of allylic oxidation sites excluding steroid dienone is 6. The Morgan fingerprint density at radius 3 is 1.59 bits per heavy atom. The van der Waals surface area contributed by atoms with Gasteiger partial charge >= 0.3 is 17.9 Å². The van der Waals surface area contributed by atoms with E-state index in [-0.39, 0.29) is 36.2 Å². The summed E-state index contributed by atoms with van der Waals surface area (Å²) in [6.45, 7) is 4.64. The van der Waals surface area contributed by atoms with Crippen LogP contribution in [0.2, 0.25) is 0 Å². The first kappa shape index (κ1) is 48.5. The number of carboxylic acid groups (broad SMARTS) is 1. The summed E-state index contributed by atoms with van der Waals surface area (Å²) in [4.78, 5) is 36.8. The fourth-order valence-electron chi connectivity index (χ4n) is 5.75. The van der Waals surface area contributed by atoms with Crippen LogP contribution in [0.25, 0.3) is 0 Å². The lowest BCUT2D eigenvalue weighted by molar-refractivity contribution is -0.887. The van der Waals surface area contributed by atoms with E-state index in [1.807, 2.05) is 21.1 Å². The third kappa shape index (κ3) is 33.2. The van der Waals surface area contributed by atoms with Crippen LogP contribution in [0, 0.1) is 0 Å².